The van der Waals surface area contributed by atoms with Crippen LogP contribution in [0.15, 0.2) is 94.9 Å². The molecule has 178 valence electrons. The fourth-order valence-electron chi connectivity index (χ4n) is 4.17. The minimum atomic E-state index is -1.00. The van der Waals surface area contributed by atoms with Crippen molar-refractivity contribution in [3.05, 3.63) is 102 Å². The third kappa shape index (κ3) is 6.40. The first-order valence-corrected chi connectivity index (χ1v) is 11.1. The molecule has 0 radical (unpaired) electrons. The average Bonchev–Trinajstić information content (AvgIpc) is 3.29. The van der Waals surface area contributed by atoms with E-state index in [-0.39, 0.29) is 35.0 Å². The molecule has 3 aromatic carbocycles. The zero-order chi connectivity index (χ0) is 23.0. The number of carboxylic acid groups (broad SMARTS) is 1. The number of benzene rings is 3. The van der Waals surface area contributed by atoms with Crippen LogP contribution in [0.1, 0.15) is 29.5 Å². The third-order valence-electron chi connectivity index (χ3n) is 5.70. The number of nitrogens with zero attached hydrogens (tertiary/aromatic N) is 3. The van der Waals surface area contributed by atoms with E-state index in [0.717, 1.165) is 31.5 Å². The fraction of sp³-hybridized carbons (Fsp3) is 0.222. The number of aliphatic hydroxyl groups is 1. The Balaban J connectivity index is 0.00000324. The van der Waals surface area contributed by atoms with Gasteiger partial charge in [0.15, 0.2) is 0 Å². The summed E-state index contributed by atoms with van der Waals surface area (Å²) < 4.78 is 0. The molecule has 1 fully saturated rings. The summed E-state index contributed by atoms with van der Waals surface area (Å²) in [6.07, 6.45) is 1.83. The summed E-state index contributed by atoms with van der Waals surface area (Å²) in [5, 5.41) is 20.2. The van der Waals surface area contributed by atoms with Crippen molar-refractivity contribution < 1.29 is 31.5 Å². The van der Waals surface area contributed by atoms with E-state index < -0.39 is 5.97 Å². The van der Waals surface area contributed by atoms with Crippen molar-refractivity contribution in [3.63, 3.8) is 0 Å². The van der Waals surface area contributed by atoms with E-state index in [1.807, 2.05) is 72.8 Å². The fourth-order valence-corrected chi connectivity index (χ4v) is 4.17. The van der Waals surface area contributed by atoms with Crippen LogP contribution in [-0.2, 0) is 27.8 Å². The Labute approximate surface area is 209 Å². The molecule has 0 aromatic heterocycles. The number of carbonyl (C=O) groups is 1. The first kappa shape index (κ1) is 25.3. The van der Waals surface area contributed by atoms with Crippen LogP contribution in [0.5, 0.6) is 0 Å². The molecule has 34 heavy (non-hydrogen) atoms. The van der Waals surface area contributed by atoms with E-state index in [9.17, 15) is 15.0 Å². The minimum Gasteiger partial charge on any atom is -0.495 e. The Morgan fingerprint density at radius 1 is 0.912 bits per heavy atom. The molecule has 1 heterocycles. The average molecular weight is 500 g/mol. The van der Waals surface area contributed by atoms with Crippen LogP contribution < -0.4 is 0 Å². The third-order valence-corrected chi connectivity index (χ3v) is 5.70. The quantitative estimate of drug-likeness (QED) is 0.263. The molecule has 0 spiro atoms. The molecule has 0 aliphatic carbocycles. The maximum Gasteiger partial charge on any atom is 0.325 e. The smallest absolute Gasteiger partial charge is 0.325 e. The Kier molecular flexibility index (Phi) is 9.14. The van der Waals surface area contributed by atoms with Crippen LogP contribution in [0.25, 0.3) is 0 Å². The second-order valence-electron chi connectivity index (χ2n) is 8.03. The Morgan fingerprint density at radius 3 is 2.26 bits per heavy atom. The van der Waals surface area contributed by atoms with Crippen molar-refractivity contribution in [2.75, 3.05) is 13.1 Å². The number of carboxylic acids is 1. The van der Waals surface area contributed by atoms with Gasteiger partial charge in [-0.05, 0) is 31.0 Å². The zero-order valence-electron chi connectivity index (χ0n) is 18.7. The predicted molar refractivity (Wildman–Crippen MR) is 131 cm³/mol. The first-order chi connectivity index (χ1) is 16.1. The summed E-state index contributed by atoms with van der Waals surface area (Å²) >= 11 is 0. The van der Waals surface area contributed by atoms with Crippen molar-refractivity contribution in [2.45, 2.75) is 25.4 Å². The maximum atomic E-state index is 11.2. The summed E-state index contributed by atoms with van der Waals surface area (Å²) in [4.78, 5) is 22.4. The van der Waals surface area contributed by atoms with Crippen LogP contribution >= 0.6 is 0 Å². The van der Waals surface area contributed by atoms with Gasteiger partial charge in [-0.1, -0.05) is 78.9 Å². The Morgan fingerprint density at radius 2 is 1.56 bits per heavy atom. The van der Waals surface area contributed by atoms with Gasteiger partial charge in [0, 0.05) is 34.2 Å². The molecule has 1 saturated heterocycles. The summed E-state index contributed by atoms with van der Waals surface area (Å²) in [5.41, 5.74) is 3.79. The monoisotopic (exact) mass is 499 g/mol. The summed E-state index contributed by atoms with van der Waals surface area (Å²) in [5.74, 6) is -0.934. The second-order valence-corrected chi connectivity index (χ2v) is 8.03. The molecular weight excluding hydrogens is 473 g/mol. The molecule has 1 unspecified atom stereocenters. The first-order valence-electron chi connectivity index (χ1n) is 11.1. The number of hydrogen-bond donors (Lipinski definition) is 2. The molecule has 3 aromatic rings. The predicted octanol–water partition coefficient (Wildman–Crippen LogP) is 4.86. The summed E-state index contributed by atoms with van der Waals surface area (Å²) in [6, 6.07) is 26.9. The number of aliphatic imine (C=N–C) groups is 2. The van der Waals surface area contributed by atoms with Crippen LogP contribution in [0.2, 0.25) is 0 Å². The van der Waals surface area contributed by atoms with E-state index in [2.05, 4.69) is 27.0 Å². The van der Waals surface area contributed by atoms with Crippen molar-refractivity contribution >= 4 is 23.3 Å². The van der Waals surface area contributed by atoms with E-state index in [1.165, 1.54) is 5.56 Å². The molecule has 1 aliphatic rings. The molecular formula is C27H27N3NiO3. The van der Waals surface area contributed by atoms with Gasteiger partial charge in [-0.2, -0.15) is 0 Å². The molecule has 0 bridgehead atoms. The summed E-state index contributed by atoms with van der Waals surface area (Å²) in [7, 11) is 0. The number of hydrogen-bond acceptors (Lipinski definition) is 4. The zero-order valence-corrected chi connectivity index (χ0v) is 19.6. The van der Waals surface area contributed by atoms with E-state index in [1.54, 1.807) is 0 Å². The molecule has 0 saturated carbocycles. The van der Waals surface area contributed by atoms with E-state index in [0.29, 0.717) is 17.0 Å². The van der Waals surface area contributed by atoms with Crippen molar-refractivity contribution in [3.8, 4) is 0 Å². The number of aliphatic carboxylic acids is 1. The van der Waals surface area contributed by atoms with Gasteiger partial charge in [0.2, 0.25) is 5.90 Å². The van der Waals surface area contributed by atoms with Gasteiger partial charge in [-0.15, -0.1) is 0 Å². The van der Waals surface area contributed by atoms with Gasteiger partial charge in [0.1, 0.15) is 6.54 Å². The molecule has 1 atom stereocenters. The van der Waals surface area contributed by atoms with Gasteiger partial charge < -0.3 is 10.2 Å². The number of rotatable bonds is 8. The molecule has 7 heteroatoms. The van der Waals surface area contributed by atoms with Gasteiger partial charge in [0.05, 0.1) is 17.4 Å². The maximum absolute atomic E-state index is 11.2. The van der Waals surface area contributed by atoms with Gasteiger partial charge >= 0.3 is 5.97 Å². The number of likely N-dealkylation sites (tertiary alicyclic amines) is 1. The van der Waals surface area contributed by atoms with Crippen LogP contribution in [0.4, 0.5) is 5.69 Å². The molecule has 6 nitrogen and oxygen atoms in total. The van der Waals surface area contributed by atoms with Crippen LogP contribution in [0.3, 0.4) is 0 Å². The summed E-state index contributed by atoms with van der Waals surface area (Å²) in [6.45, 7) is 1.31. The van der Waals surface area contributed by atoms with Crippen LogP contribution in [-0.4, -0.2) is 51.8 Å². The molecule has 1 aliphatic heterocycles. The van der Waals surface area contributed by atoms with Crippen molar-refractivity contribution in [2.24, 2.45) is 9.98 Å². The number of aliphatic hydroxyl groups excluding tert-OH is 1. The van der Waals surface area contributed by atoms with Gasteiger partial charge in [0.25, 0.3) is 0 Å². The van der Waals surface area contributed by atoms with Crippen molar-refractivity contribution in [1.29, 1.82) is 0 Å². The Hall–Kier alpha value is -3.28. The topological polar surface area (TPSA) is 85.5 Å². The normalized spacial score (nSPS) is 16.8. The largest absolute Gasteiger partial charge is 0.495 e. The molecule has 0 amide bonds. The van der Waals surface area contributed by atoms with E-state index >= 15 is 0 Å². The number of para-hydroxylation sites is 1. The molecule has 4 rings (SSSR count). The van der Waals surface area contributed by atoms with Crippen LogP contribution in [0, 0.1) is 0 Å². The van der Waals surface area contributed by atoms with E-state index in [4.69, 9.17) is 0 Å². The minimum absolute atomic E-state index is 0. The van der Waals surface area contributed by atoms with Gasteiger partial charge in [-0.3, -0.25) is 14.7 Å². The standard InChI is InChI=1S/C27H27N3O3.Ni/c31-25(32)18-28-26(21-12-5-2-6-13-21)22-14-7-8-15-23(22)29-27(33)24-16-9-17-30(24)19-20-10-3-1-4-11-20;/h1-8,10-15,24H,9,16-19H2,(H,29,33)(H,31,32);. The SMILES string of the molecule is O=C(O)CN=C(c1ccccc1)c1ccccc1N=C(O)C1CCCN1Cc1ccccc1.[Ni]. The van der Waals surface area contributed by atoms with Crippen molar-refractivity contribution in [1.82, 2.24) is 4.90 Å². The Bertz CT molecular complexity index is 1150. The second kappa shape index (κ2) is 12.3. The molecule has 2 N–H and O–H groups in total. The van der Waals surface area contributed by atoms with Gasteiger partial charge in [-0.25, -0.2) is 4.99 Å².